The molecule has 1 fully saturated rings. The third-order valence-electron chi connectivity index (χ3n) is 3.59. The molecule has 21 heavy (non-hydrogen) atoms. The number of anilines is 1. The molecule has 2 rings (SSSR count). The number of hydrogen-bond donors (Lipinski definition) is 2. The van der Waals surface area contributed by atoms with Gasteiger partial charge < -0.3 is 15.4 Å². The average Bonchev–Trinajstić information content (AvgIpc) is 2.87. The average molecular weight is 301 g/mol. The third kappa shape index (κ3) is 3.45. The molecule has 1 saturated heterocycles. The number of rotatable bonds is 6. The Balaban J connectivity index is 2.14. The zero-order chi connectivity index (χ0) is 15.5. The van der Waals surface area contributed by atoms with Crippen molar-refractivity contribution in [1.82, 2.24) is 5.32 Å². The molecule has 1 aromatic rings. The summed E-state index contributed by atoms with van der Waals surface area (Å²) in [5.74, 6) is -1.96. The van der Waals surface area contributed by atoms with Gasteiger partial charge in [-0.2, -0.15) is 0 Å². The molecule has 0 bridgehead atoms. The van der Waals surface area contributed by atoms with E-state index in [-0.39, 0.29) is 17.8 Å². The molecule has 0 radical (unpaired) electrons. The summed E-state index contributed by atoms with van der Waals surface area (Å²) in [4.78, 5) is 9.71. The SMILES string of the molecule is COCC1(CNc2c(F)cc([N+](=O)[O-])cc2F)CCCN1. The van der Waals surface area contributed by atoms with Gasteiger partial charge >= 0.3 is 0 Å². The highest BCUT2D eigenvalue weighted by molar-refractivity contribution is 5.52. The molecule has 8 heteroatoms. The van der Waals surface area contributed by atoms with Crippen molar-refractivity contribution in [2.24, 2.45) is 0 Å². The van der Waals surface area contributed by atoms with Crippen molar-refractivity contribution < 1.29 is 18.4 Å². The number of ether oxygens (including phenoxy) is 1. The summed E-state index contributed by atoms with van der Waals surface area (Å²) < 4.78 is 32.7. The first-order valence-corrected chi connectivity index (χ1v) is 6.59. The van der Waals surface area contributed by atoms with Crippen molar-refractivity contribution in [3.05, 3.63) is 33.9 Å². The van der Waals surface area contributed by atoms with E-state index in [0.717, 1.165) is 19.4 Å². The Morgan fingerprint density at radius 3 is 2.62 bits per heavy atom. The number of nitro benzene ring substituents is 1. The van der Waals surface area contributed by atoms with Crippen molar-refractivity contribution in [2.75, 3.05) is 32.1 Å². The first-order chi connectivity index (χ1) is 9.97. The van der Waals surface area contributed by atoms with Gasteiger partial charge in [-0.1, -0.05) is 0 Å². The van der Waals surface area contributed by atoms with Crippen molar-refractivity contribution in [3.8, 4) is 0 Å². The summed E-state index contributed by atoms with van der Waals surface area (Å²) in [6, 6.07) is 1.41. The zero-order valence-corrected chi connectivity index (χ0v) is 11.6. The minimum Gasteiger partial charge on any atom is -0.383 e. The smallest absolute Gasteiger partial charge is 0.275 e. The van der Waals surface area contributed by atoms with Crippen LogP contribution in [0.1, 0.15) is 12.8 Å². The van der Waals surface area contributed by atoms with Crippen LogP contribution < -0.4 is 10.6 Å². The Hall–Kier alpha value is -1.80. The molecule has 1 heterocycles. The van der Waals surface area contributed by atoms with Crippen LogP contribution in [0.3, 0.4) is 0 Å². The fourth-order valence-corrected chi connectivity index (χ4v) is 2.56. The molecule has 0 spiro atoms. The molecule has 1 aliphatic heterocycles. The Bertz CT molecular complexity index is 510. The van der Waals surface area contributed by atoms with Crippen LogP contribution >= 0.6 is 0 Å². The molecule has 0 aliphatic carbocycles. The molecular weight excluding hydrogens is 284 g/mol. The van der Waals surface area contributed by atoms with E-state index in [2.05, 4.69) is 10.6 Å². The Morgan fingerprint density at radius 2 is 2.14 bits per heavy atom. The molecule has 2 N–H and O–H groups in total. The maximum Gasteiger partial charge on any atom is 0.275 e. The number of nitrogens with one attached hydrogen (secondary N) is 2. The van der Waals surface area contributed by atoms with Gasteiger partial charge in [0.05, 0.1) is 29.2 Å². The van der Waals surface area contributed by atoms with Crippen LogP contribution in [0.5, 0.6) is 0 Å². The highest BCUT2D eigenvalue weighted by Crippen LogP contribution is 2.27. The van der Waals surface area contributed by atoms with E-state index in [1.807, 2.05) is 0 Å². The predicted molar refractivity (Wildman–Crippen MR) is 73.3 cm³/mol. The maximum atomic E-state index is 13.8. The first kappa shape index (κ1) is 15.6. The first-order valence-electron chi connectivity index (χ1n) is 6.59. The van der Waals surface area contributed by atoms with E-state index >= 15 is 0 Å². The fourth-order valence-electron chi connectivity index (χ4n) is 2.56. The summed E-state index contributed by atoms with van der Waals surface area (Å²) in [5, 5.41) is 16.5. The van der Waals surface area contributed by atoms with Crippen molar-refractivity contribution in [2.45, 2.75) is 18.4 Å². The molecule has 1 aliphatic rings. The molecule has 0 amide bonds. The Labute approximate surface area is 120 Å². The number of benzene rings is 1. The van der Waals surface area contributed by atoms with Crippen molar-refractivity contribution in [1.29, 1.82) is 0 Å². The van der Waals surface area contributed by atoms with Gasteiger partial charge in [-0.15, -0.1) is 0 Å². The van der Waals surface area contributed by atoms with Crippen LogP contribution in [0.15, 0.2) is 12.1 Å². The van der Waals surface area contributed by atoms with Crippen LogP contribution in [0.2, 0.25) is 0 Å². The quantitative estimate of drug-likeness (QED) is 0.621. The topological polar surface area (TPSA) is 76.4 Å². The largest absolute Gasteiger partial charge is 0.383 e. The minimum atomic E-state index is -0.979. The zero-order valence-electron chi connectivity index (χ0n) is 11.6. The summed E-state index contributed by atoms with van der Waals surface area (Å²) in [6.07, 6.45) is 1.78. The highest BCUT2D eigenvalue weighted by Gasteiger charge is 2.33. The van der Waals surface area contributed by atoms with Gasteiger partial charge in [0.25, 0.3) is 5.69 Å². The summed E-state index contributed by atoms with van der Waals surface area (Å²) in [7, 11) is 1.56. The fraction of sp³-hybridized carbons (Fsp3) is 0.538. The van der Waals surface area contributed by atoms with Crippen LogP contribution in [-0.4, -0.2) is 37.3 Å². The summed E-state index contributed by atoms with van der Waals surface area (Å²) in [6.45, 7) is 1.50. The molecule has 1 atom stereocenters. The standard InChI is InChI=1S/C13H17F2N3O3/c1-21-8-13(3-2-4-17-13)7-16-12-10(14)5-9(18(19)20)6-11(12)15/h5-6,16-17H,2-4,7-8H2,1H3. The number of hydrogen-bond acceptors (Lipinski definition) is 5. The van der Waals surface area contributed by atoms with Gasteiger partial charge in [0.1, 0.15) is 5.69 Å². The lowest BCUT2D eigenvalue weighted by atomic mass is 9.98. The van der Waals surface area contributed by atoms with Crippen LogP contribution in [0.25, 0.3) is 0 Å². The van der Waals surface area contributed by atoms with E-state index < -0.39 is 22.2 Å². The van der Waals surface area contributed by atoms with Crippen LogP contribution in [0, 0.1) is 21.7 Å². The third-order valence-corrected chi connectivity index (χ3v) is 3.59. The highest BCUT2D eigenvalue weighted by atomic mass is 19.1. The molecule has 0 saturated carbocycles. The lowest BCUT2D eigenvalue weighted by molar-refractivity contribution is -0.385. The van der Waals surface area contributed by atoms with Gasteiger partial charge in [-0.25, -0.2) is 8.78 Å². The molecule has 116 valence electrons. The predicted octanol–water partition coefficient (Wildman–Crippen LogP) is 2.05. The maximum absolute atomic E-state index is 13.8. The summed E-state index contributed by atoms with van der Waals surface area (Å²) >= 11 is 0. The lowest BCUT2D eigenvalue weighted by Crippen LogP contribution is -2.49. The van der Waals surface area contributed by atoms with Crippen LogP contribution in [0.4, 0.5) is 20.2 Å². The van der Waals surface area contributed by atoms with E-state index in [0.29, 0.717) is 18.7 Å². The number of halogens is 2. The number of non-ortho nitro benzene ring substituents is 1. The van der Waals surface area contributed by atoms with E-state index in [1.54, 1.807) is 7.11 Å². The lowest BCUT2D eigenvalue weighted by Gasteiger charge is -2.29. The second-order valence-corrected chi connectivity index (χ2v) is 5.14. The number of methoxy groups -OCH3 is 1. The molecule has 0 aromatic heterocycles. The molecule has 1 aromatic carbocycles. The van der Waals surface area contributed by atoms with Crippen molar-refractivity contribution >= 4 is 11.4 Å². The van der Waals surface area contributed by atoms with Gasteiger partial charge in [-0.3, -0.25) is 10.1 Å². The molecule has 6 nitrogen and oxygen atoms in total. The van der Waals surface area contributed by atoms with Gasteiger partial charge in [-0.05, 0) is 19.4 Å². The van der Waals surface area contributed by atoms with Gasteiger partial charge in [0.15, 0.2) is 11.6 Å². The second-order valence-electron chi connectivity index (χ2n) is 5.14. The van der Waals surface area contributed by atoms with Gasteiger partial charge in [0, 0.05) is 13.7 Å². The number of nitro groups is 1. The Morgan fingerprint density at radius 1 is 1.48 bits per heavy atom. The summed E-state index contributed by atoms with van der Waals surface area (Å²) in [5.41, 5.74) is -1.35. The monoisotopic (exact) mass is 301 g/mol. The normalized spacial score (nSPS) is 21.5. The van der Waals surface area contributed by atoms with Crippen LogP contribution in [-0.2, 0) is 4.74 Å². The minimum absolute atomic E-state index is 0.270. The van der Waals surface area contributed by atoms with Gasteiger partial charge in [0.2, 0.25) is 0 Å². The van der Waals surface area contributed by atoms with E-state index in [4.69, 9.17) is 4.74 Å². The number of nitrogens with zero attached hydrogens (tertiary/aromatic N) is 1. The van der Waals surface area contributed by atoms with E-state index in [1.165, 1.54) is 0 Å². The van der Waals surface area contributed by atoms with E-state index in [9.17, 15) is 18.9 Å². The molecular formula is C13H17F2N3O3. The second kappa shape index (κ2) is 6.31. The molecule has 1 unspecified atom stereocenters. The van der Waals surface area contributed by atoms with Crippen molar-refractivity contribution in [3.63, 3.8) is 0 Å². The Kier molecular flexibility index (Phi) is 4.69.